The topological polar surface area (TPSA) is 89.9 Å². The highest BCUT2D eigenvalue weighted by atomic mass is 16.5. The fourth-order valence-electron chi connectivity index (χ4n) is 1.67. The van der Waals surface area contributed by atoms with E-state index >= 15 is 0 Å². The first-order valence-corrected chi connectivity index (χ1v) is 6.77. The minimum absolute atomic E-state index is 0.106. The number of ether oxygens (including phenoxy) is 2. The van der Waals surface area contributed by atoms with Gasteiger partial charge in [0.2, 0.25) is 0 Å². The van der Waals surface area contributed by atoms with Crippen LogP contribution in [0.5, 0.6) is 0 Å². The molecule has 1 rings (SSSR count). The van der Waals surface area contributed by atoms with E-state index in [1.807, 2.05) is 0 Å². The molecule has 0 fully saturated rings. The Balaban J connectivity index is 2.32. The Kier molecular flexibility index (Phi) is 6.82. The van der Waals surface area contributed by atoms with Crippen LogP contribution in [0.4, 0.5) is 0 Å². The molecule has 0 aromatic heterocycles. The van der Waals surface area contributed by atoms with Gasteiger partial charge in [0.05, 0.1) is 23.8 Å². The lowest BCUT2D eigenvalue weighted by molar-refractivity contribution is -0.142. The van der Waals surface area contributed by atoms with Gasteiger partial charge in [-0.2, -0.15) is 0 Å². The molecule has 1 N–H and O–H groups in total. The van der Waals surface area contributed by atoms with Gasteiger partial charge in [-0.25, -0.2) is 14.4 Å². The molecule has 1 unspecified atom stereocenters. The van der Waals surface area contributed by atoms with Crippen molar-refractivity contribution in [2.75, 3.05) is 6.61 Å². The van der Waals surface area contributed by atoms with E-state index in [9.17, 15) is 14.4 Å². The zero-order valence-corrected chi connectivity index (χ0v) is 12.3. The van der Waals surface area contributed by atoms with Gasteiger partial charge in [-0.1, -0.05) is 6.58 Å². The third-order valence-electron chi connectivity index (χ3n) is 2.84. The number of hydrogen-bond donors (Lipinski definition) is 1. The van der Waals surface area contributed by atoms with Crippen LogP contribution in [0.2, 0.25) is 0 Å². The Morgan fingerprint density at radius 3 is 2.36 bits per heavy atom. The lowest BCUT2D eigenvalue weighted by Crippen LogP contribution is -2.14. The Labute approximate surface area is 128 Å². The molecule has 0 aliphatic rings. The Morgan fingerprint density at radius 2 is 1.82 bits per heavy atom. The average Bonchev–Trinajstić information content (AvgIpc) is 2.51. The Morgan fingerprint density at radius 1 is 1.23 bits per heavy atom. The van der Waals surface area contributed by atoms with E-state index in [0.29, 0.717) is 12.8 Å². The summed E-state index contributed by atoms with van der Waals surface area (Å²) in [5, 5.41) is 8.76. The molecule has 1 aromatic carbocycles. The zero-order valence-electron chi connectivity index (χ0n) is 12.3. The molecule has 0 amide bonds. The highest BCUT2D eigenvalue weighted by Gasteiger charge is 2.10. The van der Waals surface area contributed by atoms with Gasteiger partial charge in [-0.15, -0.1) is 0 Å². The fourth-order valence-corrected chi connectivity index (χ4v) is 1.67. The van der Waals surface area contributed by atoms with Crippen LogP contribution in [0.3, 0.4) is 0 Å². The van der Waals surface area contributed by atoms with Crippen molar-refractivity contribution < 1.29 is 29.0 Å². The summed E-state index contributed by atoms with van der Waals surface area (Å²) < 4.78 is 10.0. The average molecular weight is 306 g/mol. The van der Waals surface area contributed by atoms with Crippen molar-refractivity contribution in [1.82, 2.24) is 0 Å². The van der Waals surface area contributed by atoms with Crippen molar-refractivity contribution in [3.8, 4) is 0 Å². The van der Waals surface area contributed by atoms with E-state index in [2.05, 4.69) is 6.58 Å². The number of carbonyl (C=O) groups excluding carboxylic acids is 2. The molecule has 1 aromatic rings. The molecule has 0 aliphatic heterocycles. The molecule has 0 aliphatic carbocycles. The molecule has 0 saturated carbocycles. The largest absolute Gasteiger partial charge is 0.478 e. The van der Waals surface area contributed by atoms with Gasteiger partial charge in [0.1, 0.15) is 0 Å². The number of aromatic carboxylic acids is 1. The fraction of sp³-hybridized carbons (Fsp3) is 0.312. The van der Waals surface area contributed by atoms with Crippen molar-refractivity contribution >= 4 is 17.9 Å². The van der Waals surface area contributed by atoms with Crippen molar-refractivity contribution in [3.05, 3.63) is 48.0 Å². The van der Waals surface area contributed by atoms with Gasteiger partial charge in [-0.05, 0) is 44.0 Å². The minimum Gasteiger partial charge on any atom is -0.478 e. The number of carbonyl (C=O) groups is 3. The van der Waals surface area contributed by atoms with Crippen LogP contribution in [0.15, 0.2) is 36.9 Å². The van der Waals surface area contributed by atoms with E-state index < -0.39 is 17.9 Å². The predicted octanol–water partition coefficient (Wildman–Crippen LogP) is 2.44. The number of hydrogen-bond acceptors (Lipinski definition) is 5. The van der Waals surface area contributed by atoms with Gasteiger partial charge >= 0.3 is 17.9 Å². The number of benzene rings is 1. The molecule has 0 spiro atoms. The summed E-state index contributed by atoms with van der Waals surface area (Å²) in [5.41, 5.74) is 0.394. The molecular weight excluding hydrogens is 288 g/mol. The number of esters is 2. The summed E-state index contributed by atoms with van der Waals surface area (Å²) in [6.45, 7) is 5.24. The summed E-state index contributed by atoms with van der Waals surface area (Å²) in [7, 11) is 0. The first-order valence-electron chi connectivity index (χ1n) is 6.77. The predicted molar refractivity (Wildman–Crippen MR) is 78.7 cm³/mol. The van der Waals surface area contributed by atoms with Crippen LogP contribution < -0.4 is 0 Å². The molecule has 0 bridgehead atoms. The lowest BCUT2D eigenvalue weighted by atomic mass is 10.1. The van der Waals surface area contributed by atoms with Crippen molar-refractivity contribution in [1.29, 1.82) is 0 Å². The highest BCUT2D eigenvalue weighted by molar-refractivity contribution is 5.92. The van der Waals surface area contributed by atoms with Crippen LogP contribution >= 0.6 is 0 Å². The Bertz CT molecular complexity index is 546. The van der Waals surface area contributed by atoms with E-state index in [1.165, 1.54) is 24.3 Å². The van der Waals surface area contributed by atoms with E-state index in [1.54, 1.807) is 6.92 Å². The van der Waals surface area contributed by atoms with Gasteiger partial charge in [-0.3, -0.25) is 0 Å². The second-order valence-corrected chi connectivity index (χ2v) is 4.61. The highest BCUT2D eigenvalue weighted by Crippen LogP contribution is 2.08. The third-order valence-corrected chi connectivity index (χ3v) is 2.84. The summed E-state index contributed by atoms with van der Waals surface area (Å²) >= 11 is 0. The van der Waals surface area contributed by atoms with Crippen LogP contribution in [-0.4, -0.2) is 35.7 Å². The quantitative estimate of drug-likeness (QED) is 0.451. The molecule has 0 heterocycles. The molecule has 6 heteroatoms. The number of carboxylic acids is 1. The molecule has 22 heavy (non-hydrogen) atoms. The molecular formula is C16H18O6. The minimum atomic E-state index is -1.05. The second kappa shape index (κ2) is 8.61. The maximum Gasteiger partial charge on any atom is 0.338 e. The van der Waals surface area contributed by atoms with Crippen molar-refractivity contribution in [2.45, 2.75) is 25.9 Å². The van der Waals surface area contributed by atoms with Crippen LogP contribution in [0, 0.1) is 0 Å². The first-order chi connectivity index (χ1) is 10.4. The molecule has 0 saturated heterocycles. The first kappa shape index (κ1) is 17.4. The maximum absolute atomic E-state index is 11.7. The monoisotopic (exact) mass is 306 g/mol. The van der Waals surface area contributed by atoms with E-state index in [-0.39, 0.29) is 23.8 Å². The van der Waals surface area contributed by atoms with Crippen molar-refractivity contribution in [2.24, 2.45) is 0 Å². The smallest absolute Gasteiger partial charge is 0.338 e. The van der Waals surface area contributed by atoms with E-state index in [0.717, 1.165) is 6.08 Å². The zero-order chi connectivity index (χ0) is 16.5. The standard InChI is InChI=1S/C16H18O6/c1-3-14(17)22-11(2)5-4-10-21-16(20)13-8-6-12(7-9-13)15(18)19/h3,6-9,11H,1,4-5,10H2,2H3,(H,18,19). The Hall–Kier alpha value is -2.63. The van der Waals surface area contributed by atoms with Crippen LogP contribution in [0.25, 0.3) is 0 Å². The summed E-state index contributed by atoms with van der Waals surface area (Å²) in [6, 6.07) is 5.49. The molecule has 118 valence electrons. The van der Waals surface area contributed by atoms with Gasteiger partial charge in [0, 0.05) is 6.08 Å². The van der Waals surface area contributed by atoms with Gasteiger partial charge < -0.3 is 14.6 Å². The van der Waals surface area contributed by atoms with Gasteiger partial charge in [0.25, 0.3) is 0 Å². The van der Waals surface area contributed by atoms with Gasteiger partial charge in [0.15, 0.2) is 0 Å². The normalized spacial score (nSPS) is 11.3. The second-order valence-electron chi connectivity index (χ2n) is 4.61. The van der Waals surface area contributed by atoms with Crippen molar-refractivity contribution in [3.63, 3.8) is 0 Å². The summed E-state index contributed by atoms with van der Waals surface area (Å²) in [4.78, 5) is 33.4. The summed E-state index contributed by atoms with van der Waals surface area (Å²) in [6.07, 6.45) is 1.92. The van der Waals surface area contributed by atoms with E-state index in [4.69, 9.17) is 14.6 Å². The summed E-state index contributed by atoms with van der Waals surface area (Å²) in [5.74, 6) is -2.06. The molecule has 6 nitrogen and oxygen atoms in total. The number of carboxylic acid groups (broad SMARTS) is 1. The SMILES string of the molecule is C=CC(=O)OC(C)CCCOC(=O)c1ccc(C(=O)O)cc1. The molecule has 1 atom stereocenters. The van der Waals surface area contributed by atoms with Crippen LogP contribution in [-0.2, 0) is 14.3 Å². The number of rotatable bonds is 8. The van der Waals surface area contributed by atoms with Crippen LogP contribution in [0.1, 0.15) is 40.5 Å². The molecule has 0 radical (unpaired) electrons. The third kappa shape index (κ3) is 5.78. The maximum atomic E-state index is 11.7. The lowest BCUT2D eigenvalue weighted by Gasteiger charge is -2.11.